The summed E-state index contributed by atoms with van der Waals surface area (Å²) in [6.45, 7) is 4.40. The largest absolute Gasteiger partial charge is 0.218 e. The Balaban J connectivity index is 1.58. The molecule has 0 heterocycles. The molecule has 4 fully saturated rings. The van der Waals surface area contributed by atoms with Gasteiger partial charge in [0.2, 0.25) is 9.84 Å². The van der Waals surface area contributed by atoms with Crippen LogP contribution in [0.4, 0.5) is 0 Å². The zero-order valence-electron chi connectivity index (χ0n) is 29.7. The summed E-state index contributed by atoms with van der Waals surface area (Å²) in [7, 11) is -3.76. The third-order valence-electron chi connectivity index (χ3n) is 12.3. The molecule has 0 saturated heterocycles. The lowest BCUT2D eigenvalue weighted by Crippen LogP contribution is -2.19. The lowest BCUT2D eigenvalue weighted by Gasteiger charge is -2.32. The smallest absolute Gasteiger partial charge is 0.207 e. The molecule has 47 heavy (non-hydrogen) atoms. The lowest BCUT2D eigenvalue weighted by atomic mass is 9.76. The first-order valence-electron chi connectivity index (χ1n) is 20.0. The first-order chi connectivity index (χ1) is 23.0. The summed E-state index contributed by atoms with van der Waals surface area (Å²) in [6, 6.07) is 8.65. The normalized spacial score (nSPS) is 21.7. The van der Waals surface area contributed by atoms with Crippen molar-refractivity contribution in [1.82, 2.24) is 0 Å². The van der Waals surface area contributed by atoms with Crippen LogP contribution in [-0.4, -0.2) is 8.42 Å². The second-order valence-corrected chi connectivity index (χ2v) is 17.3. The van der Waals surface area contributed by atoms with Crippen molar-refractivity contribution in [3.8, 4) is 0 Å². The van der Waals surface area contributed by atoms with Crippen LogP contribution in [-0.2, 0) is 9.84 Å². The fraction of sp³-hybridized carbons (Fsp3) is 0.636. The summed E-state index contributed by atoms with van der Waals surface area (Å²) >= 11 is 0. The van der Waals surface area contributed by atoms with Crippen molar-refractivity contribution in [3.05, 3.63) is 69.8 Å². The molecule has 2 nitrogen and oxygen atoms in total. The van der Waals surface area contributed by atoms with Crippen LogP contribution in [0.25, 0.3) is 12.2 Å². The maximum Gasteiger partial charge on any atom is 0.207 e. The van der Waals surface area contributed by atoms with Gasteiger partial charge in [-0.25, -0.2) is 8.42 Å². The van der Waals surface area contributed by atoms with E-state index >= 15 is 8.42 Å². The molecular formula is C44H62O2S. The molecule has 2 aromatic carbocycles. The van der Waals surface area contributed by atoms with Gasteiger partial charge < -0.3 is 0 Å². The van der Waals surface area contributed by atoms with Crippen molar-refractivity contribution < 1.29 is 8.42 Å². The van der Waals surface area contributed by atoms with Crippen molar-refractivity contribution in [2.75, 3.05) is 0 Å². The van der Waals surface area contributed by atoms with E-state index in [2.05, 4.69) is 62.4 Å². The highest BCUT2D eigenvalue weighted by molar-refractivity contribution is 7.91. The van der Waals surface area contributed by atoms with Gasteiger partial charge in [0.1, 0.15) is 0 Å². The fourth-order valence-corrected chi connectivity index (χ4v) is 11.7. The van der Waals surface area contributed by atoms with Crippen LogP contribution in [0.2, 0.25) is 0 Å². The van der Waals surface area contributed by atoms with Crippen molar-refractivity contribution in [1.29, 1.82) is 0 Å². The van der Waals surface area contributed by atoms with Crippen LogP contribution in [0, 0.1) is 0 Å². The Labute approximate surface area is 287 Å². The molecule has 256 valence electrons. The third kappa shape index (κ3) is 7.71. The third-order valence-corrected chi connectivity index (χ3v) is 14.2. The molecule has 0 aromatic heterocycles. The van der Waals surface area contributed by atoms with Gasteiger partial charge >= 0.3 is 0 Å². The number of benzene rings is 2. The molecule has 0 bridgehead atoms. The van der Waals surface area contributed by atoms with Crippen LogP contribution < -0.4 is 0 Å². The molecule has 3 heteroatoms. The van der Waals surface area contributed by atoms with Crippen LogP contribution in [0.3, 0.4) is 0 Å². The predicted molar refractivity (Wildman–Crippen MR) is 200 cm³/mol. The average molecular weight is 655 g/mol. The maximum atomic E-state index is 15.5. The van der Waals surface area contributed by atoms with E-state index in [4.69, 9.17) is 0 Å². The molecule has 0 aliphatic heterocycles. The molecule has 0 unspecified atom stereocenters. The quantitative estimate of drug-likeness (QED) is 0.255. The van der Waals surface area contributed by atoms with E-state index in [0.717, 1.165) is 49.7 Å². The number of allylic oxidation sites excluding steroid dienone is 2. The lowest BCUT2D eigenvalue weighted by molar-refractivity contribution is 0.429. The van der Waals surface area contributed by atoms with Gasteiger partial charge in [0.15, 0.2) is 0 Å². The minimum absolute atomic E-state index is 0.313. The van der Waals surface area contributed by atoms with E-state index < -0.39 is 9.84 Å². The highest BCUT2D eigenvalue weighted by Gasteiger charge is 2.35. The minimum atomic E-state index is -3.76. The Morgan fingerprint density at radius 2 is 0.809 bits per heavy atom. The molecule has 2 aromatic rings. The summed E-state index contributed by atoms with van der Waals surface area (Å²) in [5.41, 5.74) is 7.68. The van der Waals surface area contributed by atoms with Gasteiger partial charge in [-0.05, 0) is 133 Å². The van der Waals surface area contributed by atoms with Crippen LogP contribution in [0.15, 0.2) is 46.2 Å². The molecule has 0 spiro atoms. The van der Waals surface area contributed by atoms with E-state index in [0.29, 0.717) is 33.5 Å². The standard InChI is InChI=1S/C44H62O2S/c1-3-5-27-39-37(33-19-11-7-12-20-33)29-31-41(43(39)35-23-15-9-16-24-35)47(45,46)42-32-30-38(34-21-13-8-14-22-34)40(28-6-4-2)44(42)36-25-17-10-18-26-36/h5-6,27-36H,3-4,7-26H2,1-2H3. The zero-order valence-corrected chi connectivity index (χ0v) is 30.5. The molecule has 4 aliphatic carbocycles. The second kappa shape index (κ2) is 16.5. The average Bonchev–Trinajstić information content (AvgIpc) is 3.13. The number of rotatable bonds is 10. The fourth-order valence-electron chi connectivity index (χ4n) is 9.86. The molecule has 0 amide bonds. The van der Waals surface area contributed by atoms with Gasteiger partial charge in [-0.15, -0.1) is 0 Å². The Morgan fingerprint density at radius 3 is 1.13 bits per heavy atom. The van der Waals surface area contributed by atoms with Crippen molar-refractivity contribution in [2.24, 2.45) is 0 Å². The summed E-state index contributed by atoms with van der Waals surface area (Å²) in [4.78, 5) is 1.24. The summed E-state index contributed by atoms with van der Waals surface area (Å²) in [5, 5.41) is 0. The zero-order chi connectivity index (χ0) is 32.6. The SMILES string of the molecule is CCC=Cc1c(C2CCCCC2)ccc(S(=O)(=O)c2ccc(C3CCCCC3)c(C=CCC)c2C2CCCCC2)c1C1CCCCC1. The molecule has 0 radical (unpaired) electrons. The molecule has 0 atom stereocenters. The molecule has 4 aliphatic rings. The molecule has 0 N–H and O–H groups in total. The summed E-state index contributed by atoms with van der Waals surface area (Å²) < 4.78 is 31.1. The van der Waals surface area contributed by atoms with E-state index in [1.54, 1.807) is 0 Å². The Bertz CT molecular complexity index is 1380. The van der Waals surface area contributed by atoms with Crippen molar-refractivity contribution in [3.63, 3.8) is 0 Å². The number of hydrogen-bond donors (Lipinski definition) is 0. The summed E-state index contributed by atoms with van der Waals surface area (Å²) in [6.07, 6.45) is 35.6. The highest BCUT2D eigenvalue weighted by atomic mass is 32.2. The van der Waals surface area contributed by atoms with Gasteiger partial charge in [0.25, 0.3) is 0 Å². The van der Waals surface area contributed by atoms with Gasteiger partial charge in [-0.1, -0.05) is 127 Å². The van der Waals surface area contributed by atoms with Crippen LogP contribution in [0.5, 0.6) is 0 Å². The maximum absolute atomic E-state index is 15.5. The van der Waals surface area contributed by atoms with E-state index in [9.17, 15) is 0 Å². The predicted octanol–water partition coefficient (Wildman–Crippen LogP) is 13.6. The Morgan fingerprint density at radius 1 is 0.489 bits per heavy atom. The number of sulfone groups is 1. The van der Waals surface area contributed by atoms with Crippen molar-refractivity contribution in [2.45, 2.75) is 189 Å². The summed E-state index contributed by atoms with van der Waals surface area (Å²) in [5.74, 6) is 1.70. The molecule has 6 rings (SSSR count). The molecular weight excluding hydrogens is 593 g/mol. The van der Waals surface area contributed by atoms with E-state index in [1.807, 2.05) is 0 Å². The first-order valence-corrected chi connectivity index (χ1v) is 21.4. The monoisotopic (exact) mass is 654 g/mol. The number of hydrogen-bond acceptors (Lipinski definition) is 2. The minimum Gasteiger partial charge on any atom is -0.218 e. The topological polar surface area (TPSA) is 34.1 Å². The van der Waals surface area contributed by atoms with Crippen LogP contribution >= 0.6 is 0 Å². The van der Waals surface area contributed by atoms with Crippen LogP contribution in [0.1, 0.15) is 212 Å². The highest BCUT2D eigenvalue weighted by Crippen LogP contribution is 2.48. The Kier molecular flexibility index (Phi) is 12.2. The Hall–Kier alpha value is -2.13. The second-order valence-electron chi connectivity index (χ2n) is 15.4. The van der Waals surface area contributed by atoms with Gasteiger partial charge in [-0.2, -0.15) is 0 Å². The molecule has 4 saturated carbocycles. The first kappa shape index (κ1) is 34.7. The van der Waals surface area contributed by atoms with E-state index in [-0.39, 0.29) is 0 Å². The van der Waals surface area contributed by atoms with Gasteiger partial charge in [0, 0.05) is 0 Å². The van der Waals surface area contributed by atoms with Gasteiger partial charge in [0.05, 0.1) is 9.79 Å². The van der Waals surface area contributed by atoms with E-state index in [1.165, 1.54) is 125 Å². The van der Waals surface area contributed by atoms with Gasteiger partial charge in [-0.3, -0.25) is 0 Å². The van der Waals surface area contributed by atoms with Crippen molar-refractivity contribution >= 4 is 22.0 Å².